The van der Waals surface area contributed by atoms with Gasteiger partial charge in [0.1, 0.15) is 0 Å². The van der Waals surface area contributed by atoms with Crippen molar-refractivity contribution in [3.05, 3.63) is 44.9 Å². The Morgan fingerprint density at radius 1 is 1.31 bits per heavy atom. The van der Waals surface area contributed by atoms with E-state index in [9.17, 15) is 22.4 Å². The standard InChI is InChI=1S/C17H18Cl2FN3O5S/c1-8(2)16-10(7-23(22-16)29(4,26)27)17(25)21-11-5-9(6-12(24)28-3)13(18)14(19)15(11)20/h5,7-8H,6H2,1-4H3,(H,21,25). The molecule has 0 saturated heterocycles. The van der Waals surface area contributed by atoms with E-state index in [1.807, 2.05) is 0 Å². The molecule has 0 atom stereocenters. The highest BCUT2D eigenvalue weighted by Crippen LogP contribution is 2.34. The minimum atomic E-state index is -3.73. The van der Waals surface area contributed by atoms with E-state index in [0.29, 0.717) is 4.09 Å². The maximum Gasteiger partial charge on any atom is 0.310 e. The second-order valence-electron chi connectivity index (χ2n) is 6.45. The van der Waals surface area contributed by atoms with Crippen LogP contribution in [0.5, 0.6) is 0 Å². The Hall–Kier alpha value is -2.17. The summed E-state index contributed by atoms with van der Waals surface area (Å²) in [5, 5.41) is 5.61. The number of carbonyl (C=O) groups excluding carboxylic acids is 2. The molecule has 0 bridgehead atoms. The fraction of sp³-hybridized carbons (Fsp3) is 0.353. The normalized spacial score (nSPS) is 11.6. The largest absolute Gasteiger partial charge is 0.469 e. The van der Waals surface area contributed by atoms with Gasteiger partial charge in [-0.25, -0.2) is 12.8 Å². The molecule has 1 heterocycles. The Kier molecular flexibility index (Phi) is 6.92. The lowest BCUT2D eigenvalue weighted by Crippen LogP contribution is -2.16. The zero-order valence-corrected chi connectivity index (χ0v) is 18.2. The fourth-order valence-electron chi connectivity index (χ4n) is 2.43. The molecular weight excluding hydrogens is 448 g/mol. The first kappa shape index (κ1) is 23.1. The predicted octanol–water partition coefficient (Wildman–Crippen LogP) is 3.23. The van der Waals surface area contributed by atoms with Crippen LogP contribution in [0, 0.1) is 5.82 Å². The van der Waals surface area contributed by atoms with Crippen LogP contribution in [0.4, 0.5) is 10.1 Å². The van der Waals surface area contributed by atoms with E-state index in [2.05, 4.69) is 15.2 Å². The minimum absolute atomic E-state index is 0.0505. The van der Waals surface area contributed by atoms with E-state index in [0.717, 1.165) is 18.5 Å². The van der Waals surface area contributed by atoms with Crippen LogP contribution in [-0.2, 0) is 26.0 Å². The van der Waals surface area contributed by atoms with E-state index < -0.39 is 32.7 Å². The van der Waals surface area contributed by atoms with Crippen molar-refractivity contribution < 1.29 is 27.1 Å². The van der Waals surface area contributed by atoms with Gasteiger partial charge in [0.05, 0.1) is 53.0 Å². The first-order valence-corrected chi connectivity index (χ1v) is 10.8. The molecule has 0 unspecified atom stereocenters. The van der Waals surface area contributed by atoms with Gasteiger partial charge in [-0.15, -0.1) is 0 Å². The number of ether oxygens (including phenoxy) is 1. The summed E-state index contributed by atoms with van der Waals surface area (Å²) in [4.78, 5) is 24.3. The molecule has 1 aromatic carbocycles. The topological polar surface area (TPSA) is 107 Å². The molecule has 0 fully saturated rings. The van der Waals surface area contributed by atoms with Crippen molar-refractivity contribution in [2.24, 2.45) is 0 Å². The zero-order chi connectivity index (χ0) is 22.1. The quantitative estimate of drug-likeness (QED) is 0.518. The summed E-state index contributed by atoms with van der Waals surface area (Å²) in [5.41, 5.74) is -0.0187. The number of hydrogen-bond acceptors (Lipinski definition) is 6. The molecule has 1 amide bonds. The van der Waals surface area contributed by atoms with Crippen LogP contribution < -0.4 is 5.32 Å². The van der Waals surface area contributed by atoms with Gasteiger partial charge >= 0.3 is 5.97 Å². The molecule has 12 heteroatoms. The highest BCUT2D eigenvalue weighted by atomic mass is 35.5. The Bertz CT molecular complexity index is 1080. The van der Waals surface area contributed by atoms with Crippen molar-refractivity contribution in [2.75, 3.05) is 18.7 Å². The zero-order valence-electron chi connectivity index (χ0n) is 15.9. The summed E-state index contributed by atoms with van der Waals surface area (Å²) in [6.45, 7) is 3.44. The van der Waals surface area contributed by atoms with E-state index in [1.165, 1.54) is 7.11 Å². The Labute approximate surface area is 177 Å². The highest BCUT2D eigenvalue weighted by molar-refractivity contribution is 7.89. The van der Waals surface area contributed by atoms with Crippen molar-refractivity contribution in [2.45, 2.75) is 26.2 Å². The first-order chi connectivity index (χ1) is 13.4. The molecule has 1 aromatic heterocycles. The smallest absolute Gasteiger partial charge is 0.310 e. The van der Waals surface area contributed by atoms with E-state index in [4.69, 9.17) is 23.2 Å². The Morgan fingerprint density at radius 2 is 1.93 bits per heavy atom. The molecule has 0 spiro atoms. The third-order valence-corrected chi connectivity index (χ3v) is 5.64. The molecule has 8 nitrogen and oxygen atoms in total. The molecular formula is C17H18Cl2FN3O5S. The second kappa shape index (κ2) is 8.68. The van der Waals surface area contributed by atoms with E-state index >= 15 is 0 Å². The SMILES string of the molecule is COC(=O)Cc1cc(NC(=O)c2cn(S(C)(=O)=O)nc2C(C)C)c(F)c(Cl)c1Cl. The molecule has 0 aliphatic heterocycles. The number of nitrogens with zero attached hydrogens (tertiary/aromatic N) is 2. The predicted molar refractivity (Wildman–Crippen MR) is 107 cm³/mol. The van der Waals surface area contributed by atoms with Gasteiger partial charge < -0.3 is 10.1 Å². The molecule has 0 aliphatic carbocycles. The van der Waals surface area contributed by atoms with Crippen LogP contribution in [-0.4, -0.2) is 42.8 Å². The van der Waals surface area contributed by atoms with Crippen LogP contribution in [0.15, 0.2) is 12.3 Å². The van der Waals surface area contributed by atoms with Gasteiger partial charge in [0.25, 0.3) is 15.9 Å². The molecule has 29 heavy (non-hydrogen) atoms. The average Bonchev–Trinajstić information content (AvgIpc) is 3.10. The van der Waals surface area contributed by atoms with Gasteiger partial charge in [-0.3, -0.25) is 9.59 Å². The van der Waals surface area contributed by atoms with Gasteiger partial charge in [0.15, 0.2) is 5.82 Å². The van der Waals surface area contributed by atoms with Gasteiger partial charge in [-0.1, -0.05) is 37.0 Å². The number of methoxy groups -OCH3 is 1. The van der Waals surface area contributed by atoms with Crippen molar-refractivity contribution >= 4 is 50.8 Å². The number of aromatic nitrogens is 2. The first-order valence-electron chi connectivity index (χ1n) is 8.21. The number of rotatable bonds is 6. The molecule has 0 aliphatic rings. The maximum atomic E-state index is 14.5. The van der Waals surface area contributed by atoms with Gasteiger partial charge in [0, 0.05) is 0 Å². The third-order valence-electron chi connectivity index (χ3n) is 3.89. The Morgan fingerprint density at radius 3 is 2.45 bits per heavy atom. The second-order valence-corrected chi connectivity index (χ2v) is 9.05. The molecule has 158 valence electrons. The van der Waals surface area contributed by atoms with Crippen molar-refractivity contribution in [3.63, 3.8) is 0 Å². The Balaban J connectivity index is 2.48. The third kappa shape index (κ3) is 5.06. The number of anilines is 1. The molecule has 0 radical (unpaired) electrons. The minimum Gasteiger partial charge on any atom is -0.469 e. The number of carbonyl (C=O) groups is 2. The van der Waals surface area contributed by atoms with Crippen molar-refractivity contribution in [1.29, 1.82) is 0 Å². The van der Waals surface area contributed by atoms with Crippen LogP contribution in [0.25, 0.3) is 0 Å². The lowest BCUT2D eigenvalue weighted by molar-refractivity contribution is -0.139. The number of nitrogens with one attached hydrogen (secondary N) is 1. The average molecular weight is 466 g/mol. The van der Waals surface area contributed by atoms with Crippen LogP contribution in [0.2, 0.25) is 10.0 Å². The molecule has 2 rings (SSSR count). The summed E-state index contributed by atoms with van der Waals surface area (Å²) >= 11 is 11.9. The fourth-order valence-corrected chi connectivity index (χ4v) is 3.39. The van der Waals surface area contributed by atoms with Gasteiger partial charge in [-0.05, 0) is 17.5 Å². The summed E-state index contributed by atoms with van der Waals surface area (Å²) in [7, 11) is -2.55. The monoisotopic (exact) mass is 465 g/mol. The lowest BCUT2D eigenvalue weighted by atomic mass is 10.1. The summed E-state index contributed by atoms with van der Waals surface area (Å²) in [6.07, 6.45) is 1.69. The molecule has 1 N–H and O–H groups in total. The van der Waals surface area contributed by atoms with Crippen LogP contribution >= 0.6 is 23.2 Å². The summed E-state index contributed by atoms with van der Waals surface area (Å²) < 4.78 is 43.2. The number of benzene rings is 1. The summed E-state index contributed by atoms with van der Waals surface area (Å²) in [6, 6.07) is 1.16. The van der Waals surface area contributed by atoms with E-state index in [-0.39, 0.29) is 39.9 Å². The number of hydrogen-bond donors (Lipinski definition) is 1. The van der Waals surface area contributed by atoms with E-state index in [1.54, 1.807) is 13.8 Å². The lowest BCUT2D eigenvalue weighted by Gasteiger charge is -2.12. The van der Waals surface area contributed by atoms with Crippen LogP contribution in [0.1, 0.15) is 41.4 Å². The number of esters is 1. The van der Waals surface area contributed by atoms with Crippen LogP contribution in [0.3, 0.4) is 0 Å². The maximum absolute atomic E-state index is 14.5. The number of halogens is 3. The van der Waals surface area contributed by atoms with Crippen molar-refractivity contribution in [3.8, 4) is 0 Å². The molecule has 2 aromatic rings. The van der Waals surface area contributed by atoms with Crippen molar-refractivity contribution in [1.82, 2.24) is 9.19 Å². The molecule has 0 saturated carbocycles. The number of amides is 1. The van der Waals surface area contributed by atoms with Gasteiger partial charge in [0.2, 0.25) is 0 Å². The summed E-state index contributed by atoms with van der Waals surface area (Å²) in [5.74, 6) is -2.72. The van der Waals surface area contributed by atoms with Gasteiger partial charge in [-0.2, -0.15) is 9.19 Å². The highest BCUT2D eigenvalue weighted by Gasteiger charge is 2.24.